The van der Waals surface area contributed by atoms with E-state index >= 15 is 0 Å². The molecule has 0 amide bonds. The van der Waals surface area contributed by atoms with Crippen molar-refractivity contribution in [3.8, 4) is 0 Å². The van der Waals surface area contributed by atoms with E-state index in [2.05, 4.69) is 26.8 Å². The highest BCUT2D eigenvalue weighted by molar-refractivity contribution is 5.39. The van der Waals surface area contributed by atoms with Crippen LogP contribution in [0.15, 0.2) is 12.1 Å². The van der Waals surface area contributed by atoms with Crippen LogP contribution >= 0.6 is 0 Å². The van der Waals surface area contributed by atoms with Crippen LogP contribution in [0, 0.1) is 12.7 Å². The largest absolute Gasteiger partial charge is 0.381 e. The number of benzene rings is 1. The second-order valence-electron chi connectivity index (χ2n) is 6.76. The molecule has 2 unspecified atom stereocenters. The zero-order valence-corrected chi connectivity index (χ0v) is 12.7. The zero-order chi connectivity index (χ0) is 14.2. The molecule has 106 valence electrons. The third kappa shape index (κ3) is 2.84. The molecule has 1 aromatic carbocycles. The maximum atomic E-state index is 14.5. The lowest BCUT2D eigenvalue weighted by Gasteiger charge is -2.25. The quantitative estimate of drug-likeness (QED) is 0.751. The Morgan fingerprint density at radius 3 is 2.42 bits per heavy atom. The van der Waals surface area contributed by atoms with E-state index in [0.29, 0.717) is 5.92 Å². The van der Waals surface area contributed by atoms with Crippen LogP contribution in [0.2, 0.25) is 0 Å². The highest BCUT2D eigenvalue weighted by atomic mass is 19.1. The van der Waals surface area contributed by atoms with Crippen LogP contribution in [0.5, 0.6) is 0 Å². The average molecular weight is 264 g/mol. The van der Waals surface area contributed by atoms with Crippen LogP contribution in [0.25, 0.3) is 0 Å². The average Bonchev–Trinajstić information content (AvgIpc) is 2.73. The van der Waals surface area contributed by atoms with Gasteiger partial charge >= 0.3 is 0 Å². The lowest BCUT2D eigenvalue weighted by molar-refractivity contribution is 0.0944. The summed E-state index contributed by atoms with van der Waals surface area (Å²) in [4.78, 5) is 0. The fraction of sp³-hybridized carbons (Fsp3) is 0.647. The molecule has 1 aliphatic rings. The number of ether oxygens (including phenoxy) is 1. The molecule has 0 aromatic heterocycles. The second-order valence-corrected chi connectivity index (χ2v) is 6.76. The molecule has 19 heavy (non-hydrogen) atoms. The van der Waals surface area contributed by atoms with Crippen LogP contribution in [0.4, 0.5) is 4.39 Å². The fourth-order valence-corrected chi connectivity index (χ4v) is 3.52. The Morgan fingerprint density at radius 2 is 1.89 bits per heavy atom. The van der Waals surface area contributed by atoms with Gasteiger partial charge in [-0.15, -0.1) is 0 Å². The van der Waals surface area contributed by atoms with Crippen molar-refractivity contribution in [1.29, 1.82) is 0 Å². The molecule has 1 fully saturated rings. The van der Waals surface area contributed by atoms with E-state index < -0.39 is 0 Å². The molecule has 0 aliphatic heterocycles. The number of rotatable bonds is 2. The topological polar surface area (TPSA) is 9.23 Å². The molecule has 0 spiro atoms. The first kappa shape index (κ1) is 14.5. The molecular formula is C17H25FO. The summed E-state index contributed by atoms with van der Waals surface area (Å²) in [6.45, 7) is 8.20. The first-order valence-corrected chi connectivity index (χ1v) is 7.18. The van der Waals surface area contributed by atoms with Crippen molar-refractivity contribution in [2.24, 2.45) is 0 Å². The Kier molecular flexibility index (Phi) is 4.00. The predicted molar refractivity (Wildman–Crippen MR) is 77.2 cm³/mol. The maximum absolute atomic E-state index is 14.5. The molecule has 0 N–H and O–H groups in total. The Balaban J connectivity index is 2.40. The van der Waals surface area contributed by atoms with Gasteiger partial charge in [-0.3, -0.25) is 0 Å². The molecule has 2 heteroatoms. The monoisotopic (exact) mass is 264 g/mol. The van der Waals surface area contributed by atoms with Gasteiger partial charge in [-0.2, -0.15) is 0 Å². The van der Waals surface area contributed by atoms with Crippen LogP contribution in [-0.4, -0.2) is 13.2 Å². The van der Waals surface area contributed by atoms with Gasteiger partial charge < -0.3 is 4.74 Å². The van der Waals surface area contributed by atoms with E-state index in [1.807, 2.05) is 6.92 Å². The molecule has 1 nitrogen and oxygen atoms in total. The molecular weight excluding hydrogens is 239 g/mol. The summed E-state index contributed by atoms with van der Waals surface area (Å²) in [6.07, 6.45) is 3.61. The van der Waals surface area contributed by atoms with Crippen molar-refractivity contribution in [2.45, 2.75) is 64.4 Å². The van der Waals surface area contributed by atoms with Gasteiger partial charge in [-0.05, 0) is 47.9 Å². The summed E-state index contributed by atoms with van der Waals surface area (Å²) >= 11 is 0. The Hall–Kier alpha value is -0.890. The SMILES string of the molecule is COC1CCCC1c1cc(C)c(C(C)(C)C)c(F)c1. The van der Waals surface area contributed by atoms with Gasteiger partial charge in [0.25, 0.3) is 0 Å². The second kappa shape index (κ2) is 5.24. The number of hydrogen-bond donors (Lipinski definition) is 0. The maximum Gasteiger partial charge on any atom is 0.127 e. The van der Waals surface area contributed by atoms with E-state index in [0.717, 1.165) is 29.5 Å². The molecule has 2 atom stereocenters. The van der Waals surface area contributed by atoms with Crippen LogP contribution in [0.3, 0.4) is 0 Å². The number of halogens is 1. The fourth-order valence-electron chi connectivity index (χ4n) is 3.52. The lowest BCUT2D eigenvalue weighted by Crippen LogP contribution is -2.18. The molecule has 0 heterocycles. The van der Waals surface area contributed by atoms with Crippen LogP contribution < -0.4 is 0 Å². The standard InChI is InChI=1S/C17H25FO/c1-11-9-12(13-7-6-8-15(13)19-5)10-14(18)16(11)17(2,3)4/h9-10,13,15H,6-8H2,1-5H3. The molecule has 2 rings (SSSR count). The number of aryl methyl sites for hydroxylation is 1. The van der Waals surface area contributed by atoms with E-state index in [4.69, 9.17) is 4.74 Å². The van der Waals surface area contributed by atoms with Gasteiger partial charge in [0.2, 0.25) is 0 Å². The highest BCUT2D eigenvalue weighted by Crippen LogP contribution is 2.39. The van der Waals surface area contributed by atoms with Gasteiger partial charge in [0.1, 0.15) is 5.82 Å². The Bertz CT molecular complexity index is 436. The predicted octanol–water partition coefficient (Wildman–Crippen LogP) is 4.71. The minimum atomic E-state index is -0.150. The molecule has 0 saturated heterocycles. The third-order valence-electron chi connectivity index (χ3n) is 4.24. The molecule has 1 saturated carbocycles. The van der Waals surface area contributed by atoms with Gasteiger partial charge in [0.15, 0.2) is 0 Å². The normalized spacial score (nSPS) is 23.9. The summed E-state index contributed by atoms with van der Waals surface area (Å²) in [7, 11) is 1.76. The van der Waals surface area contributed by atoms with Gasteiger partial charge in [0, 0.05) is 13.0 Å². The first-order chi connectivity index (χ1) is 8.84. The number of hydrogen-bond acceptors (Lipinski definition) is 1. The minimum absolute atomic E-state index is 0.0655. The molecule has 0 radical (unpaired) electrons. The van der Waals surface area contributed by atoms with Crippen LogP contribution in [-0.2, 0) is 10.2 Å². The van der Waals surface area contributed by atoms with Crippen molar-refractivity contribution in [3.63, 3.8) is 0 Å². The third-order valence-corrected chi connectivity index (χ3v) is 4.24. The van der Waals surface area contributed by atoms with Crippen molar-refractivity contribution in [3.05, 3.63) is 34.6 Å². The Labute approximate surface area is 116 Å². The number of methoxy groups -OCH3 is 1. The minimum Gasteiger partial charge on any atom is -0.381 e. The van der Waals surface area contributed by atoms with Gasteiger partial charge in [-0.25, -0.2) is 4.39 Å². The van der Waals surface area contributed by atoms with Crippen molar-refractivity contribution >= 4 is 0 Å². The van der Waals surface area contributed by atoms with Crippen molar-refractivity contribution in [1.82, 2.24) is 0 Å². The summed E-state index contributed by atoms with van der Waals surface area (Å²) in [6, 6.07) is 3.89. The lowest BCUT2D eigenvalue weighted by atomic mass is 9.81. The molecule has 1 aliphatic carbocycles. The van der Waals surface area contributed by atoms with Gasteiger partial charge in [-0.1, -0.05) is 33.3 Å². The van der Waals surface area contributed by atoms with Crippen molar-refractivity contribution in [2.75, 3.05) is 7.11 Å². The van der Waals surface area contributed by atoms with Gasteiger partial charge in [0.05, 0.1) is 6.10 Å². The smallest absolute Gasteiger partial charge is 0.127 e. The first-order valence-electron chi connectivity index (χ1n) is 7.18. The molecule has 1 aromatic rings. The summed E-state index contributed by atoms with van der Waals surface area (Å²) in [5.41, 5.74) is 2.85. The Morgan fingerprint density at radius 1 is 1.21 bits per heavy atom. The van der Waals surface area contributed by atoms with E-state index in [1.165, 1.54) is 6.42 Å². The van der Waals surface area contributed by atoms with E-state index in [1.54, 1.807) is 13.2 Å². The highest BCUT2D eigenvalue weighted by Gasteiger charge is 2.30. The summed E-state index contributed by atoms with van der Waals surface area (Å²) in [5.74, 6) is 0.288. The molecule has 0 bridgehead atoms. The summed E-state index contributed by atoms with van der Waals surface area (Å²) < 4.78 is 20.0. The van der Waals surface area contributed by atoms with Crippen LogP contribution in [0.1, 0.15) is 62.6 Å². The van der Waals surface area contributed by atoms with E-state index in [9.17, 15) is 4.39 Å². The zero-order valence-electron chi connectivity index (χ0n) is 12.7. The summed E-state index contributed by atoms with van der Waals surface area (Å²) in [5, 5.41) is 0. The van der Waals surface area contributed by atoms with Crippen molar-refractivity contribution < 1.29 is 9.13 Å². The van der Waals surface area contributed by atoms with E-state index in [-0.39, 0.29) is 17.3 Å².